The van der Waals surface area contributed by atoms with E-state index in [4.69, 9.17) is 14.9 Å². The van der Waals surface area contributed by atoms with Crippen LogP contribution < -0.4 is 4.74 Å². The van der Waals surface area contributed by atoms with E-state index < -0.39 is 12.1 Å². The molecule has 0 radical (unpaired) electrons. The summed E-state index contributed by atoms with van der Waals surface area (Å²) in [6, 6.07) is 12.1. The number of carbonyl (C=O) groups is 1. The van der Waals surface area contributed by atoms with Gasteiger partial charge in [0, 0.05) is 9.69 Å². The van der Waals surface area contributed by atoms with Crippen molar-refractivity contribution in [3.8, 4) is 11.5 Å². The van der Waals surface area contributed by atoms with Crippen molar-refractivity contribution in [1.29, 1.82) is 0 Å². The number of aliphatic hydroxyl groups excluding tert-OH is 1. The fourth-order valence-electron chi connectivity index (χ4n) is 1.77. The average molecular weight is 430 g/mol. The third kappa shape index (κ3) is 4.32. The van der Waals surface area contributed by atoms with Gasteiger partial charge in [-0.25, -0.2) is 0 Å². The topological polar surface area (TPSA) is 66.8 Å². The Morgan fingerprint density at radius 1 is 1.18 bits per heavy atom. The van der Waals surface area contributed by atoms with Crippen molar-refractivity contribution in [1.82, 2.24) is 0 Å². The molecule has 2 N–H and O–H groups in total. The van der Waals surface area contributed by atoms with Gasteiger partial charge in [-0.1, -0.05) is 28.1 Å². The van der Waals surface area contributed by atoms with E-state index in [1.165, 1.54) is 17.4 Å². The summed E-state index contributed by atoms with van der Waals surface area (Å²) in [6.45, 7) is 1.44. The monoisotopic (exact) mass is 428 g/mol. The Bertz CT molecular complexity index is 787. The molecule has 1 aromatic carbocycles. The third-order valence-electron chi connectivity index (χ3n) is 2.88. The first-order chi connectivity index (χ1) is 10.4. The third-order valence-corrected chi connectivity index (χ3v) is 3.99. The summed E-state index contributed by atoms with van der Waals surface area (Å²) in [5.74, 6) is 0.835. The van der Waals surface area contributed by atoms with Crippen LogP contribution in [0.5, 0.6) is 11.5 Å². The van der Waals surface area contributed by atoms with Crippen LogP contribution in [-0.4, -0.2) is 22.3 Å². The zero-order chi connectivity index (χ0) is 16.3. The van der Waals surface area contributed by atoms with E-state index in [9.17, 15) is 4.79 Å². The zero-order valence-corrected chi connectivity index (χ0v) is 14.9. The number of carboxylic acids is 1. The molecular weight excluding hydrogens is 416 g/mol. The number of aliphatic carboxylic acids is 1. The molecule has 0 spiro atoms. The van der Waals surface area contributed by atoms with E-state index in [1.54, 1.807) is 0 Å². The predicted molar refractivity (Wildman–Crippen MR) is 90.0 cm³/mol. The van der Waals surface area contributed by atoms with Crippen molar-refractivity contribution in [3.63, 3.8) is 0 Å². The molecule has 4 nitrogen and oxygen atoms in total. The molecule has 0 amide bonds. The lowest BCUT2D eigenvalue weighted by atomic mass is 10.1. The Kier molecular flexibility index (Phi) is 5.61. The van der Waals surface area contributed by atoms with Crippen LogP contribution in [0.2, 0.25) is 0 Å². The van der Waals surface area contributed by atoms with Crippen LogP contribution in [0.25, 0.3) is 0 Å². The highest BCUT2D eigenvalue weighted by atomic mass is 79.9. The summed E-state index contributed by atoms with van der Waals surface area (Å²) in [7, 11) is 0. The van der Waals surface area contributed by atoms with Crippen molar-refractivity contribution in [2.75, 3.05) is 0 Å². The normalized spacial score (nSPS) is 12.0. The van der Waals surface area contributed by atoms with Crippen molar-refractivity contribution < 1.29 is 19.7 Å². The second-order valence-electron chi connectivity index (χ2n) is 4.83. The Morgan fingerprint density at radius 3 is 2.27 bits per heavy atom. The number of benzene rings is 2. The summed E-state index contributed by atoms with van der Waals surface area (Å²) in [5.41, 5.74) is 0. The number of hydrogen-bond donors (Lipinski definition) is 2. The minimum absolute atomic E-state index is 0.167. The van der Waals surface area contributed by atoms with Crippen molar-refractivity contribution in [2.24, 2.45) is 0 Å². The van der Waals surface area contributed by atoms with Gasteiger partial charge in [0.2, 0.25) is 0 Å². The number of rotatable bonds is 4. The summed E-state index contributed by atoms with van der Waals surface area (Å²) in [4.78, 5) is 9.65. The average Bonchev–Trinajstić information content (AvgIpc) is 2.37. The molecule has 0 aromatic heterocycles. The predicted octanol–water partition coefficient (Wildman–Crippen LogP) is 4.45. The number of hydrogen-bond acceptors (Lipinski definition) is 3. The first-order valence-corrected chi connectivity index (χ1v) is 8.12. The molecular formula is C16H14Br2O4. The largest absolute Gasteiger partial charge is 0.481 e. The quantitative estimate of drug-likeness (QED) is 0.643. The van der Waals surface area contributed by atoms with Crippen molar-refractivity contribution in [2.45, 2.75) is 19.4 Å². The van der Waals surface area contributed by atoms with Gasteiger partial charge in [-0.3, -0.25) is 4.79 Å². The lowest BCUT2D eigenvalue weighted by Gasteiger charge is -2.13. The van der Waals surface area contributed by atoms with Crippen LogP contribution in [0.15, 0.2) is 45.3 Å². The number of halogens is 2. The number of ether oxygens (including phenoxy) is 1. The van der Waals surface area contributed by atoms with Gasteiger partial charge in [0.1, 0.15) is 11.5 Å². The lowest BCUT2D eigenvalue weighted by molar-refractivity contribution is -0.138. The molecule has 6 heteroatoms. The van der Waals surface area contributed by atoms with Crippen LogP contribution in [-0.2, 0) is 4.79 Å². The van der Waals surface area contributed by atoms with Gasteiger partial charge < -0.3 is 14.9 Å². The zero-order valence-electron chi connectivity index (χ0n) is 11.7. The van der Waals surface area contributed by atoms with E-state index in [2.05, 4.69) is 44.0 Å². The maximum Gasteiger partial charge on any atom is 0.305 e. The van der Waals surface area contributed by atoms with E-state index in [0.717, 1.165) is 20.4 Å². The van der Waals surface area contributed by atoms with Crippen LogP contribution >= 0.6 is 31.9 Å². The molecule has 2 aliphatic carbocycles. The fourth-order valence-corrected chi connectivity index (χ4v) is 2.90. The van der Waals surface area contributed by atoms with Gasteiger partial charge in [-0.05, 0) is 52.3 Å². The van der Waals surface area contributed by atoms with E-state index in [-0.39, 0.29) is 6.42 Å². The molecule has 1 unspecified atom stereocenters. The summed E-state index contributed by atoms with van der Waals surface area (Å²) >= 11 is 6.87. The fraction of sp³-hybridized carbons (Fsp3) is 0.188. The van der Waals surface area contributed by atoms with Gasteiger partial charge in [0.25, 0.3) is 0 Å². The Labute approximate surface area is 144 Å². The molecule has 0 aliphatic heterocycles. The SMILES string of the molecule is Brc1ccc(Oc2cc3ccc2=3)c(Br)c1.CC(O)CC(=O)O. The minimum Gasteiger partial charge on any atom is -0.481 e. The van der Waals surface area contributed by atoms with Crippen LogP contribution in [0, 0.1) is 10.4 Å². The molecule has 2 aliphatic rings. The van der Waals surface area contributed by atoms with Crippen LogP contribution in [0.3, 0.4) is 0 Å². The molecule has 116 valence electrons. The Morgan fingerprint density at radius 2 is 1.91 bits per heavy atom. The number of carboxylic acid groups (broad SMARTS) is 1. The van der Waals surface area contributed by atoms with Crippen LogP contribution in [0.4, 0.5) is 0 Å². The van der Waals surface area contributed by atoms with Crippen molar-refractivity contribution >= 4 is 37.8 Å². The first kappa shape index (κ1) is 17.0. The smallest absolute Gasteiger partial charge is 0.305 e. The van der Waals surface area contributed by atoms with Crippen molar-refractivity contribution in [3.05, 3.63) is 55.8 Å². The maximum atomic E-state index is 9.65. The summed E-state index contributed by atoms with van der Waals surface area (Å²) in [5, 5.41) is 18.8. The molecule has 1 aromatic rings. The molecule has 0 fully saturated rings. The highest BCUT2D eigenvalue weighted by molar-refractivity contribution is 9.11. The van der Waals surface area contributed by atoms with E-state index >= 15 is 0 Å². The number of aliphatic hydroxyl groups is 1. The minimum atomic E-state index is -0.963. The molecule has 0 bridgehead atoms. The molecule has 22 heavy (non-hydrogen) atoms. The standard InChI is InChI=1S/C12H6Br2O.C4H8O3/c13-8-2-4-11(10(14)6-8)15-12-5-7-1-3-9(7)12;1-3(5)2-4(6)7/h1-6H;3,5H,2H2,1H3,(H,6,7). The van der Waals surface area contributed by atoms with Gasteiger partial charge in [0.05, 0.1) is 17.0 Å². The first-order valence-electron chi connectivity index (χ1n) is 6.54. The van der Waals surface area contributed by atoms with Crippen LogP contribution in [0.1, 0.15) is 13.3 Å². The molecule has 0 saturated heterocycles. The molecule has 0 saturated carbocycles. The lowest BCUT2D eigenvalue weighted by Crippen LogP contribution is -2.07. The highest BCUT2D eigenvalue weighted by Crippen LogP contribution is 2.34. The summed E-state index contributed by atoms with van der Waals surface area (Å²) < 4.78 is 7.74. The van der Waals surface area contributed by atoms with Gasteiger partial charge >= 0.3 is 5.97 Å². The van der Waals surface area contributed by atoms with Gasteiger partial charge in [-0.15, -0.1) is 0 Å². The van der Waals surface area contributed by atoms with Gasteiger partial charge in [0.15, 0.2) is 0 Å². The molecule has 1 atom stereocenters. The molecule has 3 rings (SSSR count). The van der Waals surface area contributed by atoms with E-state index in [0.29, 0.717) is 0 Å². The summed E-state index contributed by atoms with van der Waals surface area (Å²) in [6.07, 6.45) is -0.891. The Hall–Kier alpha value is -1.37. The van der Waals surface area contributed by atoms with Gasteiger partial charge in [-0.2, -0.15) is 0 Å². The second-order valence-corrected chi connectivity index (χ2v) is 6.60. The Balaban J connectivity index is 0.000000217. The highest BCUT2D eigenvalue weighted by Gasteiger charge is 2.10. The second kappa shape index (κ2) is 7.26. The maximum absolute atomic E-state index is 9.65. The molecule has 0 heterocycles. The van der Waals surface area contributed by atoms with E-state index in [1.807, 2.05) is 24.3 Å².